The topological polar surface area (TPSA) is 114 Å². The highest BCUT2D eigenvalue weighted by atomic mass is 35.5. The van der Waals surface area contributed by atoms with E-state index in [1.165, 1.54) is 23.5 Å². The maximum absolute atomic E-state index is 12.9. The van der Waals surface area contributed by atoms with Crippen molar-refractivity contribution in [3.05, 3.63) is 104 Å². The lowest BCUT2D eigenvalue weighted by molar-refractivity contribution is -0.384. The van der Waals surface area contributed by atoms with Crippen LogP contribution in [0.15, 0.2) is 78.2 Å². The number of carbonyl (C=O) groups is 2. The van der Waals surface area contributed by atoms with E-state index in [2.05, 4.69) is 15.6 Å². The number of rotatable bonds is 6. The number of anilines is 2. The predicted molar refractivity (Wildman–Crippen MR) is 128 cm³/mol. The van der Waals surface area contributed by atoms with Gasteiger partial charge in [0, 0.05) is 23.1 Å². The molecule has 0 bridgehead atoms. The maximum Gasteiger partial charge on any atom is 0.270 e. The number of benzene rings is 3. The van der Waals surface area contributed by atoms with Gasteiger partial charge in [-0.05, 0) is 18.2 Å². The van der Waals surface area contributed by atoms with E-state index in [1.54, 1.807) is 24.3 Å². The van der Waals surface area contributed by atoms with Crippen molar-refractivity contribution in [2.24, 2.45) is 0 Å². The van der Waals surface area contributed by atoms with Crippen LogP contribution in [-0.2, 0) is 0 Å². The third-order valence-corrected chi connectivity index (χ3v) is 5.69. The molecule has 0 aliphatic heterocycles. The number of hydrogen-bond acceptors (Lipinski definition) is 6. The van der Waals surface area contributed by atoms with Crippen molar-refractivity contribution < 1.29 is 14.5 Å². The van der Waals surface area contributed by atoms with Crippen LogP contribution in [0.5, 0.6) is 0 Å². The Bertz CT molecular complexity index is 1360. The highest BCUT2D eigenvalue weighted by Gasteiger charge is 2.19. The quantitative estimate of drug-likeness (QED) is 0.265. The number of nitrogens with zero attached hydrogens (tertiary/aromatic N) is 2. The van der Waals surface area contributed by atoms with Gasteiger partial charge in [-0.25, -0.2) is 4.98 Å². The molecule has 0 radical (unpaired) electrons. The van der Waals surface area contributed by atoms with E-state index in [1.807, 2.05) is 35.7 Å². The van der Waals surface area contributed by atoms with Gasteiger partial charge in [0.05, 0.1) is 32.5 Å². The second-order valence-electron chi connectivity index (χ2n) is 6.78. The zero-order valence-electron chi connectivity index (χ0n) is 16.8. The van der Waals surface area contributed by atoms with Crippen molar-refractivity contribution in [1.29, 1.82) is 0 Å². The Hall–Kier alpha value is -4.08. The summed E-state index contributed by atoms with van der Waals surface area (Å²) >= 11 is 7.33. The number of aromatic nitrogens is 1. The molecular formula is C23H15ClN4O4S. The van der Waals surface area contributed by atoms with Crippen LogP contribution in [0.1, 0.15) is 20.7 Å². The van der Waals surface area contributed by atoms with Crippen LogP contribution in [-0.4, -0.2) is 21.7 Å². The number of amides is 2. The molecule has 0 atom stereocenters. The fourth-order valence-corrected chi connectivity index (χ4v) is 3.99. The molecule has 2 N–H and O–H groups in total. The molecule has 4 rings (SSSR count). The molecule has 10 heteroatoms. The summed E-state index contributed by atoms with van der Waals surface area (Å²) in [6.07, 6.45) is 0. The molecule has 0 saturated heterocycles. The number of carbonyl (C=O) groups excluding carboxylic acids is 2. The molecule has 3 aromatic carbocycles. The van der Waals surface area contributed by atoms with Crippen LogP contribution in [0, 0.1) is 10.1 Å². The number of para-hydroxylation sites is 1. The monoisotopic (exact) mass is 478 g/mol. The smallest absolute Gasteiger partial charge is 0.270 e. The lowest BCUT2D eigenvalue weighted by Gasteiger charge is -2.11. The second-order valence-corrected chi connectivity index (χ2v) is 8.04. The molecule has 1 heterocycles. The van der Waals surface area contributed by atoms with Crippen molar-refractivity contribution >= 4 is 51.3 Å². The number of thiazole rings is 1. The molecule has 0 unspecified atom stereocenters. The van der Waals surface area contributed by atoms with E-state index in [-0.39, 0.29) is 27.5 Å². The van der Waals surface area contributed by atoms with Gasteiger partial charge < -0.3 is 5.32 Å². The number of nitro groups is 1. The van der Waals surface area contributed by atoms with E-state index < -0.39 is 16.7 Å². The van der Waals surface area contributed by atoms with Gasteiger partial charge in [-0.15, -0.1) is 11.3 Å². The largest absolute Gasteiger partial charge is 0.321 e. The Kier molecular flexibility index (Phi) is 6.43. The third kappa shape index (κ3) is 5.05. The molecule has 0 aliphatic carbocycles. The summed E-state index contributed by atoms with van der Waals surface area (Å²) in [5, 5.41) is 18.5. The molecule has 0 fully saturated rings. The summed E-state index contributed by atoms with van der Waals surface area (Å²) in [5.74, 6) is -1.05. The molecule has 33 heavy (non-hydrogen) atoms. The predicted octanol–water partition coefficient (Wildman–Crippen LogP) is 5.88. The van der Waals surface area contributed by atoms with Crippen molar-refractivity contribution in [3.8, 4) is 11.3 Å². The lowest BCUT2D eigenvalue weighted by Crippen LogP contribution is -2.18. The third-order valence-electron chi connectivity index (χ3n) is 4.62. The zero-order valence-corrected chi connectivity index (χ0v) is 18.4. The molecule has 0 saturated carbocycles. The van der Waals surface area contributed by atoms with Gasteiger partial charge in [-0.2, -0.15) is 0 Å². The average molecular weight is 479 g/mol. The lowest BCUT2D eigenvalue weighted by atomic mass is 10.1. The van der Waals surface area contributed by atoms with E-state index in [9.17, 15) is 19.7 Å². The summed E-state index contributed by atoms with van der Waals surface area (Å²) in [6.45, 7) is 0. The Morgan fingerprint density at radius 3 is 2.33 bits per heavy atom. The van der Waals surface area contributed by atoms with Crippen LogP contribution in [0.3, 0.4) is 0 Å². The van der Waals surface area contributed by atoms with Crippen LogP contribution in [0.2, 0.25) is 5.02 Å². The Labute approximate surface area is 197 Å². The minimum Gasteiger partial charge on any atom is -0.321 e. The van der Waals surface area contributed by atoms with E-state index in [4.69, 9.17) is 11.6 Å². The normalized spacial score (nSPS) is 10.5. The van der Waals surface area contributed by atoms with Crippen molar-refractivity contribution in [1.82, 2.24) is 4.98 Å². The Morgan fingerprint density at radius 1 is 0.909 bits per heavy atom. The molecule has 0 spiro atoms. The highest BCUT2D eigenvalue weighted by molar-refractivity contribution is 7.14. The van der Waals surface area contributed by atoms with Gasteiger partial charge in [-0.3, -0.25) is 25.0 Å². The first-order valence-corrected chi connectivity index (χ1v) is 10.8. The second kappa shape index (κ2) is 9.60. The van der Waals surface area contributed by atoms with Crippen LogP contribution in [0.4, 0.5) is 16.5 Å². The summed E-state index contributed by atoms with van der Waals surface area (Å²) in [5.41, 5.74) is 1.97. The van der Waals surface area contributed by atoms with Crippen LogP contribution in [0.25, 0.3) is 11.3 Å². The van der Waals surface area contributed by atoms with Crippen LogP contribution < -0.4 is 10.6 Å². The minimum atomic E-state index is -0.602. The Morgan fingerprint density at radius 2 is 1.61 bits per heavy atom. The first-order chi connectivity index (χ1) is 15.9. The molecule has 2 amide bonds. The SMILES string of the molecule is O=C(Nc1ccccc1C(=O)Nc1nc(-c2ccccc2)cs1)c1ccc([N+](=O)[O-])cc1Cl. The van der Waals surface area contributed by atoms with E-state index in [0.29, 0.717) is 5.13 Å². The van der Waals surface area contributed by atoms with Gasteiger partial charge in [-0.1, -0.05) is 54.1 Å². The first kappa shape index (κ1) is 22.1. The molecule has 8 nitrogen and oxygen atoms in total. The van der Waals surface area contributed by atoms with Crippen molar-refractivity contribution in [2.45, 2.75) is 0 Å². The summed E-state index contributed by atoms with van der Waals surface area (Å²) < 4.78 is 0. The molecule has 1 aromatic heterocycles. The van der Waals surface area contributed by atoms with Gasteiger partial charge in [0.25, 0.3) is 17.5 Å². The summed E-state index contributed by atoms with van der Waals surface area (Å²) in [7, 11) is 0. The van der Waals surface area contributed by atoms with E-state index >= 15 is 0 Å². The van der Waals surface area contributed by atoms with Crippen molar-refractivity contribution in [2.75, 3.05) is 10.6 Å². The minimum absolute atomic E-state index is 0.0462. The van der Waals surface area contributed by atoms with Crippen molar-refractivity contribution in [3.63, 3.8) is 0 Å². The number of halogens is 1. The van der Waals surface area contributed by atoms with Gasteiger partial charge in [0.1, 0.15) is 0 Å². The number of hydrogen-bond donors (Lipinski definition) is 2. The number of nitro benzene ring substituents is 1. The maximum atomic E-state index is 12.9. The van der Waals surface area contributed by atoms with E-state index in [0.717, 1.165) is 17.3 Å². The Balaban J connectivity index is 1.52. The fourth-order valence-electron chi connectivity index (χ4n) is 3.02. The number of nitrogens with one attached hydrogen (secondary N) is 2. The first-order valence-electron chi connectivity index (χ1n) is 9.59. The standard InChI is InChI=1S/C23H15ClN4O4S/c24-18-12-15(28(31)32)10-11-16(18)21(29)25-19-9-5-4-8-17(19)22(30)27-23-26-20(13-33-23)14-6-2-1-3-7-14/h1-13H,(H,25,29)(H,26,27,30). The fraction of sp³-hybridized carbons (Fsp3) is 0. The molecule has 0 aliphatic rings. The molecule has 164 valence electrons. The van der Waals surface area contributed by atoms with Gasteiger partial charge in [0.2, 0.25) is 0 Å². The summed E-state index contributed by atoms with van der Waals surface area (Å²) in [4.78, 5) is 40.3. The van der Waals surface area contributed by atoms with Gasteiger partial charge >= 0.3 is 0 Å². The molecular weight excluding hydrogens is 464 g/mol. The average Bonchev–Trinajstić information content (AvgIpc) is 3.28. The highest BCUT2D eigenvalue weighted by Crippen LogP contribution is 2.27. The number of non-ortho nitro benzene ring substituents is 1. The van der Waals surface area contributed by atoms with Gasteiger partial charge in [0.15, 0.2) is 5.13 Å². The van der Waals surface area contributed by atoms with Crippen LogP contribution >= 0.6 is 22.9 Å². The molecule has 4 aromatic rings. The summed E-state index contributed by atoms with van der Waals surface area (Å²) in [6, 6.07) is 19.6. The zero-order chi connectivity index (χ0) is 23.4.